The van der Waals surface area contributed by atoms with Crippen molar-refractivity contribution in [2.75, 3.05) is 7.11 Å². The normalized spacial score (nSPS) is 45.7. The van der Waals surface area contributed by atoms with Crippen LogP contribution in [-0.2, 0) is 4.74 Å². The van der Waals surface area contributed by atoms with Crippen molar-refractivity contribution in [3.05, 3.63) is 11.6 Å². The molecule has 4 aliphatic carbocycles. The van der Waals surface area contributed by atoms with Crippen LogP contribution in [0.2, 0.25) is 0 Å². The summed E-state index contributed by atoms with van der Waals surface area (Å²) >= 11 is 0. The molecule has 0 radical (unpaired) electrons. The molecule has 4 aliphatic rings. The van der Waals surface area contributed by atoms with E-state index in [1.54, 1.807) is 12.7 Å². The van der Waals surface area contributed by atoms with Crippen LogP contribution in [0.3, 0.4) is 0 Å². The first kappa shape index (κ1) is 9.40. The first-order valence-electron chi connectivity index (χ1n) is 5.73. The highest BCUT2D eigenvalue weighted by Gasteiger charge is 2.54. The van der Waals surface area contributed by atoms with Crippen LogP contribution in [0.1, 0.15) is 38.5 Å². The van der Waals surface area contributed by atoms with Gasteiger partial charge in [0.15, 0.2) is 0 Å². The van der Waals surface area contributed by atoms with Gasteiger partial charge in [0.25, 0.3) is 0 Å². The smallest absolute Gasteiger partial charge is 0.127 e. The molecule has 0 aromatic rings. The van der Waals surface area contributed by atoms with Gasteiger partial charge in [-0.1, -0.05) is 10.7 Å². The lowest BCUT2D eigenvalue weighted by Crippen LogP contribution is -2.51. The summed E-state index contributed by atoms with van der Waals surface area (Å²) in [5.41, 5.74) is 2.35. The minimum atomic E-state index is -0.379. The van der Waals surface area contributed by atoms with E-state index in [1.807, 2.05) is 0 Å². The summed E-state index contributed by atoms with van der Waals surface area (Å²) in [5.74, 6) is 0. The van der Waals surface area contributed by atoms with E-state index in [1.165, 1.54) is 25.7 Å². The number of hydrogen-bond acceptors (Lipinski definition) is 3. The van der Waals surface area contributed by atoms with Gasteiger partial charge in [0.1, 0.15) is 5.60 Å². The monoisotopic (exact) mass is 207 g/mol. The molecule has 2 atom stereocenters. The first-order chi connectivity index (χ1) is 7.25. The Hall–Kier alpha value is -0.830. The van der Waals surface area contributed by atoms with Gasteiger partial charge < -0.3 is 9.94 Å². The minimum Gasteiger partial charge on any atom is -0.411 e. The van der Waals surface area contributed by atoms with Crippen LogP contribution in [0.5, 0.6) is 0 Å². The van der Waals surface area contributed by atoms with Crippen LogP contribution < -0.4 is 0 Å². The maximum Gasteiger partial charge on any atom is 0.127 e. The third-order valence-electron chi connectivity index (χ3n) is 4.64. The van der Waals surface area contributed by atoms with Gasteiger partial charge in [-0.05, 0) is 43.6 Å². The molecule has 82 valence electrons. The number of rotatable bonds is 1. The van der Waals surface area contributed by atoms with Gasteiger partial charge in [-0.25, -0.2) is 0 Å². The zero-order valence-corrected chi connectivity index (χ0v) is 9.12. The highest BCUT2D eigenvalue weighted by atomic mass is 16.5. The Kier molecular flexibility index (Phi) is 1.78. The van der Waals surface area contributed by atoms with E-state index in [9.17, 15) is 0 Å². The van der Waals surface area contributed by atoms with Crippen LogP contribution in [0.4, 0.5) is 0 Å². The van der Waals surface area contributed by atoms with E-state index in [0.717, 1.165) is 18.6 Å². The Morgan fingerprint density at radius 1 is 1.40 bits per heavy atom. The van der Waals surface area contributed by atoms with Crippen molar-refractivity contribution in [1.29, 1.82) is 0 Å². The second-order valence-electron chi connectivity index (χ2n) is 5.12. The molecule has 4 rings (SSSR count). The van der Waals surface area contributed by atoms with Crippen LogP contribution in [-0.4, -0.2) is 23.6 Å². The lowest BCUT2D eigenvalue weighted by Gasteiger charge is -2.49. The van der Waals surface area contributed by atoms with Gasteiger partial charge in [0.2, 0.25) is 0 Å². The molecule has 2 bridgehead atoms. The van der Waals surface area contributed by atoms with E-state index >= 15 is 0 Å². The molecule has 0 unspecified atom stereocenters. The maximum atomic E-state index is 9.10. The van der Waals surface area contributed by atoms with Gasteiger partial charge in [-0.3, -0.25) is 0 Å². The third-order valence-corrected chi connectivity index (χ3v) is 4.64. The number of fused-ring (bicyclic) bond motifs is 2. The molecule has 1 N–H and O–H groups in total. The van der Waals surface area contributed by atoms with E-state index in [-0.39, 0.29) is 5.60 Å². The van der Waals surface area contributed by atoms with Gasteiger partial charge in [0, 0.05) is 13.5 Å². The Morgan fingerprint density at radius 3 is 3.00 bits per heavy atom. The summed E-state index contributed by atoms with van der Waals surface area (Å²) in [6, 6.07) is 0. The minimum absolute atomic E-state index is 0.335. The third kappa shape index (κ3) is 1.02. The van der Waals surface area contributed by atoms with Crippen molar-refractivity contribution in [3.8, 4) is 0 Å². The van der Waals surface area contributed by atoms with Crippen LogP contribution in [0, 0.1) is 5.41 Å². The van der Waals surface area contributed by atoms with Crippen molar-refractivity contribution >= 4 is 5.71 Å². The number of nitrogens with zero attached hydrogens (tertiary/aromatic N) is 1. The average Bonchev–Trinajstić information content (AvgIpc) is 2.70. The van der Waals surface area contributed by atoms with E-state index < -0.39 is 0 Å². The lowest BCUT2D eigenvalue weighted by atomic mass is 9.59. The molecule has 0 amide bonds. The molecule has 0 heterocycles. The van der Waals surface area contributed by atoms with Crippen molar-refractivity contribution in [3.63, 3.8) is 0 Å². The molecular formula is C12H17NO2. The van der Waals surface area contributed by atoms with Crippen LogP contribution >= 0.6 is 0 Å². The number of ether oxygens (including phenoxy) is 1. The fourth-order valence-corrected chi connectivity index (χ4v) is 3.72. The predicted molar refractivity (Wildman–Crippen MR) is 57.2 cm³/mol. The predicted octanol–water partition coefficient (Wildman–Crippen LogP) is 2.50. The summed E-state index contributed by atoms with van der Waals surface area (Å²) in [6.07, 6.45) is 9.08. The van der Waals surface area contributed by atoms with Crippen molar-refractivity contribution in [2.24, 2.45) is 10.6 Å². The quantitative estimate of drug-likeness (QED) is 0.408. The molecule has 0 aromatic carbocycles. The average molecular weight is 207 g/mol. The summed E-state index contributed by atoms with van der Waals surface area (Å²) in [6.45, 7) is 0. The topological polar surface area (TPSA) is 41.8 Å². The van der Waals surface area contributed by atoms with Crippen molar-refractivity contribution < 1.29 is 9.94 Å². The second kappa shape index (κ2) is 2.85. The number of hydrogen-bond donors (Lipinski definition) is 1. The molecule has 0 aromatic heterocycles. The largest absolute Gasteiger partial charge is 0.411 e. The fraction of sp³-hybridized carbons (Fsp3) is 0.750. The van der Waals surface area contributed by atoms with E-state index in [0.29, 0.717) is 5.41 Å². The Labute approximate surface area is 89.8 Å². The lowest BCUT2D eigenvalue weighted by molar-refractivity contribution is 0.0380. The molecule has 3 nitrogen and oxygen atoms in total. The van der Waals surface area contributed by atoms with Crippen molar-refractivity contribution in [2.45, 2.75) is 44.1 Å². The summed E-state index contributed by atoms with van der Waals surface area (Å²) < 4.78 is 5.61. The van der Waals surface area contributed by atoms with Crippen LogP contribution in [0.25, 0.3) is 0 Å². The maximum absolute atomic E-state index is 9.10. The number of allylic oxidation sites excluding steroid dienone is 1. The van der Waals surface area contributed by atoms with Gasteiger partial charge in [0.05, 0.1) is 5.71 Å². The highest BCUT2D eigenvalue weighted by molar-refractivity contribution is 5.97. The zero-order valence-electron chi connectivity index (χ0n) is 9.12. The second-order valence-corrected chi connectivity index (χ2v) is 5.12. The van der Waals surface area contributed by atoms with Crippen molar-refractivity contribution in [1.82, 2.24) is 0 Å². The SMILES string of the molecule is CO[C@]12C=C3CCC[C@@]3(CC1)C/C2=N\O. The van der Waals surface area contributed by atoms with Gasteiger partial charge in [-0.2, -0.15) is 0 Å². The Bertz CT molecular complexity index is 361. The fourth-order valence-electron chi connectivity index (χ4n) is 3.72. The van der Waals surface area contributed by atoms with Gasteiger partial charge >= 0.3 is 0 Å². The molecule has 2 saturated carbocycles. The molecule has 0 saturated heterocycles. The molecule has 1 spiro atoms. The molecule has 0 aliphatic heterocycles. The Morgan fingerprint density at radius 2 is 2.27 bits per heavy atom. The zero-order chi connectivity index (χ0) is 10.5. The number of oxime groups is 1. The Balaban J connectivity index is 2.13. The number of methoxy groups -OCH3 is 1. The molecule has 15 heavy (non-hydrogen) atoms. The van der Waals surface area contributed by atoms with Gasteiger partial charge in [-0.15, -0.1) is 0 Å². The standard InChI is InChI=1S/C12H17NO2/c1-15-12-6-5-11(8-10(12)13-14)4-2-3-9(11)7-12/h7,14H,2-6,8H2,1H3/b13-10+/t11-,12+/m1/s1. The molecule has 3 heteroatoms. The van der Waals surface area contributed by atoms with E-state index in [2.05, 4.69) is 11.2 Å². The summed E-state index contributed by atoms with van der Waals surface area (Å²) in [5, 5.41) is 12.6. The first-order valence-corrected chi connectivity index (χ1v) is 5.73. The molecule has 2 fully saturated rings. The molecular weight excluding hydrogens is 190 g/mol. The summed E-state index contributed by atoms with van der Waals surface area (Å²) in [4.78, 5) is 0. The highest BCUT2D eigenvalue weighted by Crippen LogP contribution is 2.59. The van der Waals surface area contributed by atoms with E-state index in [4.69, 9.17) is 9.94 Å². The van der Waals surface area contributed by atoms with Crippen LogP contribution in [0.15, 0.2) is 16.8 Å². The summed E-state index contributed by atoms with van der Waals surface area (Å²) in [7, 11) is 1.72.